The van der Waals surface area contributed by atoms with Crippen molar-refractivity contribution >= 4 is 18.0 Å². The van der Waals surface area contributed by atoms with E-state index in [4.69, 9.17) is 4.74 Å². The molecule has 1 heterocycles. The van der Waals surface area contributed by atoms with E-state index >= 15 is 0 Å². The SMILES string of the molecule is CC(C)C[C@@H](C(=O)O)/C(=C/c1ccccn1)C(=O)OC(C)(C)C. The summed E-state index contributed by atoms with van der Waals surface area (Å²) in [6, 6.07) is 5.26. The van der Waals surface area contributed by atoms with Crippen LogP contribution in [0, 0.1) is 11.8 Å². The van der Waals surface area contributed by atoms with Gasteiger partial charge in [-0.05, 0) is 51.3 Å². The van der Waals surface area contributed by atoms with Gasteiger partial charge in [0.1, 0.15) is 5.60 Å². The van der Waals surface area contributed by atoms with E-state index in [-0.39, 0.29) is 11.5 Å². The van der Waals surface area contributed by atoms with E-state index in [1.807, 2.05) is 13.8 Å². The van der Waals surface area contributed by atoms with Crippen molar-refractivity contribution in [2.24, 2.45) is 11.8 Å². The van der Waals surface area contributed by atoms with Crippen molar-refractivity contribution in [3.8, 4) is 0 Å². The van der Waals surface area contributed by atoms with Gasteiger partial charge in [-0.1, -0.05) is 19.9 Å². The fourth-order valence-electron chi connectivity index (χ4n) is 2.09. The van der Waals surface area contributed by atoms with Crippen LogP contribution < -0.4 is 0 Å². The van der Waals surface area contributed by atoms with Crippen molar-refractivity contribution in [2.75, 3.05) is 0 Å². The highest BCUT2D eigenvalue weighted by molar-refractivity contribution is 5.99. The molecule has 0 aromatic carbocycles. The number of carboxylic acid groups (broad SMARTS) is 1. The summed E-state index contributed by atoms with van der Waals surface area (Å²) in [6.45, 7) is 9.09. The fourth-order valence-corrected chi connectivity index (χ4v) is 2.09. The average Bonchev–Trinajstić information content (AvgIpc) is 2.41. The molecule has 0 aliphatic heterocycles. The largest absolute Gasteiger partial charge is 0.481 e. The van der Waals surface area contributed by atoms with Crippen LogP contribution in [0.25, 0.3) is 6.08 Å². The Bertz CT molecular complexity index is 570. The van der Waals surface area contributed by atoms with Crippen molar-refractivity contribution in [2.45, 2.75) is 46.6 Å². The van der Waals surface area contributed by atoms with Gasteiger partial charge in [-0.25, -0.2) is 4.79 Å². The zero-order valence-corrected chi connectivity index (χ0v) is 14.4. The third kappa shape index (κ3) is 6.63. The highest BCUT2D eigenvalue weighted by atomic mass is 16.6. The van der Waals surface area contributed by atoms with Gasteiger partial charge >= 0.3 is 11.9 Å². The molecule has 126 valence electrons. The van der Waals surface area contributed by atoms with Crippen molar-refractivity contribution in [1.82, 2.24) is 4.98 Å². The van der Waals surface area contributed by atoms with Gasteiger partial charge in [0.2, 0.25) is 0 Å². The molecular formula is C18H25NO4. The molecule has 1 aromatic rings. The standard InChI is InChI=1S/C18H25NO4/c1-12(2)10-14(16(20)21)15(17(22)23-18(3,4)5)11-13-8-6-7-9-19-13/h6-9,11-12,14H,10H2,1-5H3,(H,20,21)/b15-11-/t14-/m1/s1. The number of pyridine rings is 1. The van der Waals surface area contributed by atoms with Gasteiger partial charge in [-0.3, -0.25) is 9.78 Å². The molecule has 0 bridgehead atoms. The van der Waals surface area contributed by atoms with E-state index in [1.165, 1.54) is 6.08 Å². The topological polar surface area (TPSA) is 76.5 Å². The van der Waals surface area contributed by atoms with Crippen LogP contribution in [0.15, 0.2) is 30.0 Å². The zero-order chi connectivity index (χ0) is 17.6. The molecular weight excluding hydrogens is 294 g/mol. The maximum atomic E-state index is 12.5. The van der Waals surface area contributed by atoms with E-state index in [0.717, 1.165) is 0 Å². The van der Waals surface area contributed by atoms with Crippen LogP contribution in [-0.4, -0.2) is 27.6 Å². The van der Waals surface area contributed by atoms with Crippen molar-refractivity contribution in [3.05, 3.63) is 35.7 Å². The van der Waals surface area contributed by atoms with Crippen LogP contribution in [0.5, 0.6) is 0 Å². The molecule has 5 nitrogen and oxygen atoms in total. The van der Waals surface area contributed by atoms with Crippen molar-refractivity contribution in [1.29, 1.82) is 0 Å². The maximum Gasteiger partial charge on any atom is 0.335 e. The molecule has 1 aromatic heterocycles. The van der Waals surface area contributed by atoms with Gasteiger partial charge in [0.05, 0.1) is 17.2 Å². The second kappa shape index (κ2) is 7.90. The average molecular weight is 319 g/mol. The fraction of sp³-hybridized carbons (Fsp3) is 0.500. The molecule has 0 saturated heterocycles. The lowest BCUT2D eigenvalue weighted by atomic mass is 9.89. The Hall–Kier alpha value is -2.17. The van der Waals surface area contributed by atoms with Crippen LogP contribution in [0.2, 0.25) is 0 Å². The number of rotatable bonds is 6. The summed E-state index contributed by atoms with van der Waals surface area (Å²) in [7, 11) is 0. The first-order chi connectivity index (χ1) is 10.6. The van der Waals surface area contributed by atoms with Crippen LogP contribution in [0.4, 0.5) is 0 Å². The van der Waals surface area contributed by atoms with Gasteiger partial charge in [0, 0.05) is 6.20 Å². The van der Waals surface area contributed by atoms with Crippen LogP contribution >= 0.6 is 0 Å². The van der Waals surface area contributed by atoms with Gasteiger partial charge in [0.25, 0.3) is 0 Å². The van der Waals surface area contributed by atoms with E-state index in [1.54, 1.807) is 45.2 Å². The lowest BCUT2D eigenvalue weighted by Gasteiger charge is -2.23. The normalized spacial score (nSPS) is 13.7. The third-order valence-electron chi connectivity index (χ3n) is 3.01. The molecule has 0 amide bonds. The van der Waals surface area contributed by atoms with Crippen molar-refractivity contribution in [3.63, 3.8) is 0 Å². The minimum absolute atomic E-state index is 0.125. The number of aromatic nitrogens is 1. The number of esters is 1. The summed E-state index contributed by atoms with van der Waals surface area (Å²) in [6.07, 6.45) is 3.46. The van der Waals surface area contributed by atoms with E-state index < -0.39 is 23.5 Å². The molecule has 1 atom stereocenters. The lowest BCUT2D eigenvalue weighted by Crippen LogP contribution is -2.30. The lowest BCUT2D eigenvalue weighted by molar-refractivity contribution is -0.153. The Kier molecular flexibility index (Phi) is 6.49. The number of nitrogens with zero attached hydrogens (tertiary/aromatic N) is 1. The number of carboxylic acids is 1. The maximum absolute atomic E-state index is 12.5. The number of aliphatic carboxylic acids is 1. The highest BCUT2D eigenvalue weighted by Crippen LogP contribution is 2.25. The predicted molar refractivity (Wildman–Crippen MR) is 88.6 cm³/mol. The molecule has 0 aliphatic rings. The number of ether oxygens (including phenoxy) is 1. The van der Waals surface area contributed by atoms with E-state index in [2.05, 4.69) is 4.98 Å². The van der Waals surface area contributed by atoms with E-state index in [9.17, 15) is 14.7 Å². The Morgan fingerprint density at radius 1 is 1.30 bits per heavy atom. The quantitative estimate of drug-likeness (QED) is 0.641. The van der Waals surface area contributed by atoms with Crippen LogP contribution in [-0.2, 0) is 14.3 Å². The molecule has 5 heteroatoms. The summed E-state index contributed by atoms with van der Waals surface area (Å²) in [5, 5.41) is 9.55. The highest BCUT2D eigenvalue weighted by Gasteiger charge is 2.31. The van der Waals surface area contributed by atoms with Crippen molar-refractivity contribution < 1.29 is 19.4 Å². The zero-order valence-electron chi connectivity index (χ0n) is 14.4. The first-order valence-electron chi connectivity index (χ1n) is 7.69. The molecule has 1 rings (SSSR count). The Balaban J connectivity index is 3.26. The molecule has 0 saturated carbocycles. The van der Waals surface area contributed by atoms with Gasteiger partial charge in [-0.2, -0.15) is 0 Å². The monoisotopic (exact) mass is 319 g/mol. The molecule has 0 radical (unpaired) electrons. The van der Waals surface area contributed by atoms with Gasteiger partial charge < -0.3 is 9.84 Å². The molecule has 0 unspecified atom stereocenters. The summed E-state index contributed by atoms with van der Waals surface area (Å²) in [5.41, 5.74) is -0.0375. The first kappa shape index (κ1) is 18.9. The van der Waals surface area contributed by atoms with Gasteiger partial charge in [0.15, 0.2) is 0 Å². The molecule has 23 heavy (non-hydrogen) atoms. The van der Waals surface area contributed by atoms with E-state index in [0.29, 0.717) is 12.1 Å². The summed E-state index contributed by atoms with van der Waals surface area (Å²) >= 11 is 0. The molecule has 0 aliphatic carbocycles. The Morgan fingerprint density at radius 3 is 2.39 bits per heavy atom. The predicted octanol–water partition coefficient (Wildman–Crippen LogP) is 3.55. The molecule has 0 fully saturated rings. The number of hydrogen-bond acceptors (Lipinski definition) is 4. The molecule has 0 spiro atoms. The summed E-state index contributed by atoms with van der Waals surface area (Å²) in [4.78, 5) is 28.3. The minimum atomic E-state index is -1.04. The summed E-state index contributed by atoms with van der Waals surface area (Å²) < 4.78 is 5.39. The second-order valence-corrected chi connectivity index (χ2v) is 6.88. The number of hydrogen-bond donors (Lipinski definition) is 1. The number of carbonyl (C=O) groups is 2. The van der Waals surface area contributed by atoms with Crippen LogP contribution in [0.1, 0.15) is 46.7 Å². The summed E-state index contributed by atoms with van der Waals surface area (Å²) in [5.74, 6) is -2.44. The third-order valence-corrected chi connectivity index (χ3v) is 3.01. The smallest absolute Gasteiger partial charge is 0.335 e. The molecule has 1 N–H and O–H groups in total. The van der Waals surface area contributed by atoms with Gasteiger partial charge in [-0.15, -0.1) is 0 Å². The number of carbonyl (C=O) groups excluding carboxylic acids is 1. The Labute approximate surface area is 137 Å². The first-order valence-corrected chi connectivity index (χ1v) is 7.69. The van der Waals surface area contributed by atoms with Crippen LogP contribution in [0.3, 0.4) is 0 Å². The minimum Gasteiger partial charge on any atom is -0.481 e. The Morgan fingerprint density at radius 2 is 1.96 bits per heavy atom. The second-order valence-electron chi connectivity index (χ2n) is 6.88.